The largest absolute Gasteiger partial charge is 0.457 e. The van der Waals surface area contributed by atoms with E-state index < -0.39 is 41.5 Å². The Morgan fingerprint density at radius 2 is 2.04 bits per heavy atom. The van der Waals surface area contributed by atoms with E-state index in [2.05, 4.69) is 5.32 Å². The van der Waals surface area contributed by atoms with Crippen LogP contribution < -0.4 is 10.1 Å². The van der Waals surface area contributed by atoms with Crippen LogP contribution in [0.4, 0.5) is 22.0 Å². The van der Waals surface area contributed by atoms with Gasteiger partial charge in [0, 0.05) is 23.1 Å². The predicted octanol–water partition coefficient (Wildman–Crippen LogP) is 4.75. The third-order valence-electron chi connectivity index (χ3n) is 3.98. The lowest BCUT2D eigenvalue weighted by atomic mass is 9.99. The zero-order valence-corrected chi connectivity index (χ0v) is 14.9. The van der Waals surface area contributed by atoms with Gasteiger partial charge in [-0.3, -0.25) is 0 Å². The van der Waals surface area contributed by atoms with E-state index in [-0.39, 0.29) is 40.1 Å². The van der Waals surface area contributed by atoms with Gasteiger partial charge in [-0.2, -0.15) is 14.0 Å². The van der Waals surface area contributed by atoms with Gasteiger partial charge in [0.1, 0.15) is 23.4 Å². The highest BCUT2D eigenvalue weighted by molar-refractivity contribution is 8.00. The summed E-state index contributed by atoms with van der Waals surface area (Å²) in [6.07, 6.45) is -3.15. The van der Waals surface area contributed by atoms with E-state index in [9.17, 15) is 22.0 Å². The van der Waals surface area contributed by atoms with Crippen LogP contribution >= 0.6 is 11.8 Å². The minimum atomic E-state index is -3.41. The fraction of sp³-hybridized carbons (Fsp3) is 0.278. The summed E-state index contributed by atoms with van der Waals surface area (Å²) in [5.41, 5.74) is -1.16. The Hall–Kier alpha value is -2.35. The Morgan fingerprint density at radius 3 is 2.68 bits per heavy atom. The lowest BCUT2D eigenvalue weighted by Crippen LogP contribution is -2.34. The quantitative estimate of drug-likeness (QED) is 0.666. The summed E-state index contributed by atoms with van der Waals surface area (Å²) in [5.74, 6) is -1.44. The van der Waals surface area contributed by atoms with Gasteiger partial charge in [-0.1, -0.05) is 0 Å². The number of nitrogens with zero attached hydrogens (tertiary/aromatic N) is 1. The molecule has 1 heterocycles. The van der Waals surface area contributed by atoms with Crippen molar-refractivity contribution in [1.29, 1.82) is 5.26 Å². The highest BCUT2D eigenvalue weighted by Gasteiger charge is 2.51. The summed E-state index contributed by atoms with van der Waals surface area (Å²) in [7, 11) is 0. The maximum atomic E-state index is 14.3. The SMILES string of the molecule is N#Cc1cc(F)cc(Oc2ccc3c(c2C(F)F)C(NCCO)C(F)(F)S3)c1. The van der Waals surface area contributed by atoms with Crippen molar-refractivity contribution in [2.75, 3.05) is 13.2 Å². The molecule has 3 rings (SSSR count). The number of ether oxygens (including phenoxy) is 1. The average Bonchev–Trinajstić information content (AvgIpc) is 2.88. The average molecular weight is 416 g/mol. The first-order valence-corrected chi connectivity index (χ1v) is 8.83. The van der Waals surface area contributed by atoms with Crippen LogP contribution in [0.15, 0.2) is 35.2 Å². The number of nitrogens with one attached hydrogen (secondary N) is 1. The molecule has 0 spiro atoms. The number of fused-ring (bicyclic) bond motifs is 1. The van der Waals surface area contributed by atoms with Crippen LogP contribution in [0.1, 0.15) is 29.2 Å². The molecule has 2 aromatic carbocycles. The molecule has 1 aliphatic rings. The normalized spacial score (nSPS) is 17.4. The maximum absolute atomic E-state index is 14.3. The molecule has 0 saturated carbocycles. The van der Waals surface area contributed by atoms with Crippen LogP contribution in [-0.2, 0) is 0 Å². The van der Waals surface area contributed by atoms with Gasteiger partial charge in [0.2, 0.25) is 0 Å². The van der Waals surface area contributed by atoms with Crippen molar-refractivity contribution < 1.29 is 31.8 Å². The molecule has 0 aliphatic carbocycles. The lowest BCUT2D eigenvalue weighted by molar-refractivity contribution is 0.0591. The second-order valence-corrected chi connectivity index (χ2v) is 7.04. The second kappa shape index (κ2) is 7.95. The van der Waals surface area contributed by atoms with Crippen LogP contribution in [0, 0.1) is 17.1 Å². The molecule has 0 aromatic heterocycles. The smallest absolute Gasteiger partial charge is 0.317 e. The van der Waals surface area contributed by atoms with E-state index in [0.29, 0.717) is 0 Å². The maximum Gasteiger partial charge on any atom is 0.317 e. The number of hydrogen-bond donors (Lipinski definition) is 2. The van der Waals surface area contributed by atoms with Crippen molar-refractivity contribution in [1.82, 2.24) is 5.32 Å². The molecule has 148 valence electrons. The third-order valence-corrected chi connectivity index (χ3v) is 5.07. The van der Waals surface area contributed by atoms with Crippen molar-refractivity contribution in [3.8, 4) is 17.6 Å². The molecule has 28 heavy (non-hydrogen) atoms. The van der Waals surface area contributed by atoms with E-state index in [4.69, 9.17) is 15.1 Å². The van der Waals surface area contributed by atoms with Crippen LogP contribution in [0.2, 0.25) is 0 Å². The number of thioether (sulfide) groups is 1. The highest BCUT2D eigenvalue weighted by Crippen LogP contribution is 2.57. The molecule has 1 aliphatic heterocycles. The van der Waals surface area contributed by atoms with Crippen LogP contribution in [0.5, 0.6) is 11.5 Å². The molecule has 2 N–H and O–H groups in total. The van der Waals surface area contributed by atoms with Crippen LogP contribution in [-0.4, -0.2) is 23.5 Å². The Morgan fingerprint density at radius 1 is 1.29 bits per heavy atom. The minimum absolute atomic E-state index is 0.0416. The van der Waals surface area contributed by atoms with Gasteiger partial charge < -0.3 is 15.2 Å². The molecular weight excluding hydrogens is 403 g/mol. The van der Waals surface area contributed by atoms with Crippen molar-refractivity contribution in [3.63, 3.8) is 0 Å². The Labute approximate surface area is 160 Å². The topological polar surface area (TPSA) is 65.3 Å². The van der Waals surface area contributed by atoms with Crippen LogP contribution in [0.3, 0.4) is 0 Å². The predicted molar refractivity (Wildman–Crippen MR) is 91.2 cm³/mol. The molecule has 4 nitrogen and oxygen atoms in total. The number of aliphatic hydroxyl groups is 1. The molecular formula is C18H13F5N2O2S. The third kappa shape index (κ3) is 3.92. The lowest BCUT2D eigenvalue weighted by Gasteiger charge is -2.22. The van der Waals surface area contributed by atoms with Gasteiger partial charge in [0.25, 0.3) is 6.43 Å². The van der Waals surface area contributed by atoms with Crippen LogP contribution in [0.25, 0.3) is 0 Å². The van der Waals surface area contributed by atoms with Gasteiger partial charge in [0.05, 0.1) is 23.8 Å². The Balaban J connectivity index is 2.08. The summed E-state index contributed by atoms with van der Waals surface area (Å²) in [5, 5.41) is 16.8. The molecule has 2 aromatic rings. The zero-order valence-electron chi connectivity index (χ0n) is 14.1. The first kappa shape index (κ1) is 20.4. The second-order valence-electron chi connectivity index (χ2n) is 5.85. The van der Waals surface area contributed by atoms with E-state index in [1.165, 1.54) is 6.07 Å². The van der Waals surface area contributed by atoms with Gasteiger partial charge in [-0.25, -0.2) is 13.2 Å². The van der Waals surface area contributed by atoms with Crippen molar-refractivity contribution in [2.45, 2.75) is 22.6 Å². The number of alkyl halides is 4. The number of hydrogen-bond acceptors (Lipinski definition) is 5. The van der Waals surface area contributed by atoms with Crippen molar-refractivity contribution in [3.05, 3.63) is 52.8 Å². The number of aliphatic hydroxyl groups excluding tert-OH is 1. The van der Waals surface area contributed by atoms with Crippen molar-refractivity contribution >= 4 is 11.8 Å². The van der Waals surface area contributed by atoms with E-state index in [1.807, 2.05) is 0 Å². The number of rotatable bonds is 6. The minimum Gasteiger partial charge on any atom is -0.457 e. The van der Waals surface area contributed by atoms with E-state index in [0.717, 1.165) is 24.3 Å². The van der Waals surface area contributed by atoms with E-state index in [1.54, 1.807) is 6.07 Å². The fourth-order valence-electron chi connectivity index (χ4n) is 2.91. The summed E-state index contributed by atoms with van der Waals surface area (Å²) >= 11 is 0.138. The Kier molecular flexibility index (Phi) is 5.79. The molecule has 1 atom stereocenters. The molecule has 10 heteroatoms. The van der Waals surface area contributed by atoms with Crippen molar-refractivity contribution in [2.24, 2.45) is 0 Å². The summed E-state index contributed by atoms with van der Waals surface area (Å²) < 4.78 is 75.2. The van der Waals surface area contributed by atoms with Gasteiger partial charge in [0.15, 0.2) is 0 Å². The van der Waals surface area contributed by atoms with Gasteiger partial charge in [-0.05, 0) is 36.0 Å². The Bertz CT molecular complexity index is 933. The molecule has 0 bridgehead atoms. The van der Waals surface area contributed by atoms with Gasteiger partial charge in [-0.15, -0.1) is 0 Å². The standard InChI is InChI=1S/C18H13F5N2O2S/c19-10-5-9(8-24)6-11(7-10)27-12-1-2-13-15(14(12)17(20)21)16(25-3-4-26)18(22,23)28-13/h1-2,5-7,16-17,25-26H,3-4H2. The molecule has 1 unspecified atom stereocenters. The summed E-state index contributed by atoms with van der Waals surface area (Å²) in [6, 6.07) is 5.27. The van der Waals surface area contributed by atoms with Gasteiger partial charge >= 0.3 is 5.25 Å². The zero-order chi connectivity index (χ0) is 20.5. The molecule has 0 amide bonds. The number of benzene rings is 2. The molecule has 0 fully saturated rings. The van der Waals surface area contributed by atoms with E-state index >= 15 is 0 Å². The molecule has 0 radical (unpaired) electrons. The highest BCUT2D eigenvalue weighted by atomic mass is 32.2. The summed E-state index contributed by atoms with van der Waals surface area (Å²) in [4.78, 5) is -0.0416. The first-order valence-electron chi connectivity index (χ1n) is 8.01. The summed E-state index contributed by atoms with van der Waals surface area (Å²) in [6.45, 7) is -0.670. The monoisotopic (exact) mass is 416 g/mol. The molecule has 0 saturated heterocycles. The number of nitriles is 1. The fourth-order valence-corrected chi connectivity index (χ4v) is 4.00. The first-order chi connectivity index (χ1) is 13.3. The number of halogens is 5.